The largest absolute Gasteiger partial charge is 0.444 e. The number of halogens is 2. The Morgan fingerprint density at radius 2 is 1.76 bits per heavy atom. The summed E-state index contributed by atoms with van der Waals surface area (Å²) >= 11 is 0. The maximum atomic E-state index is 14.5. The quantitative estimate of drug-likeness (QED) is 0.320. The first-order valence-corrected chi connectivity index (χ1v) is 14.7. The number of hydrogen-bond acceptors (Lipinski definition) is 8. The van der Waals surface area contributed by atoms with E-state index in [4.69, 9.17) is 4.74 Å². The summed E-state index contributed by atoms with van der Waals surface area (Å²) in [5.74, 6) is -2.71. The lowest BCUT2D eigenvalue weighted by molar-refractivity contribution is 0.0493. The van der Waals surface area contributed by atoms with Crippen LogP contribution in [0.25, 0.3) is 16.7 Å². The first-order chi connectivity index (χ1) is 21.3. The van der Waals surface area contributed by atoms with Gasteiger partial charge in [0.1, 0.15) is 22.5 Å². The third-order valence-electron chi connectivity index (χ3n) is 8.08. The van der Waals surface area contributed by atoms with Gasteiger partial charge < -0.3 is 20.3 Å². The van der Waals surface area contributed by atoms with E-state index in [0.29, 0.717) is 34.7 Å². The minimum atomic E-state index is -0.999. The molecule has 2 N–H and O–H groups in total. The van der Waals surface area contributed by atoms with Crippen molar-refractivity contribution in [3.8, 4) is 5.69 Å². The van der Waals surface area contributed by atoms with Crippen molar-refractivity contribution in [3.63, 3.8) is 0 Å². The SMILES string of the molecule is CC(C)n1nnc2c(N3C[C@H](NC(=O)OC(C)(C)C)C4(CC4)C3)c(NC(=O)c3ccc(=O)n(-c4c(F)cccc4F)n3)ccc21. The number of nitrogens with zero attached hydrogens (tertiary/aromatic N) is 6. The van der Waals surface area contributed by atoms with Crippen molar-refractivity contribution in [2.75, 3.05) is 23.3 Å². The minimum absolute atomic E-state index is 0.0160. The van der Waals surface area contributed by atoms with Crippen LogP contribution in [0.2, 0.25) is 0 Å². The van der Waals surface area contributed by atoms with Gasteiger partial charge in [-0.3, -0.25) is 9.59 Å². The van der Waals surface area contributed by atoms with E-state index in [2.05, 4.69) is 30.9 Å². The fraction of sp³-hybridized carbons (Fsp3) is 0.419. The molecular formula is C31H34F2N8O4. The van der Waals surface area contributed by atoms with E-state index in [-0.39, 0.29) is 23.2 Å². The van der Waals surface area contributed by atoms with Crippen LogP contribution in [-0.4, -0.2) is 61.5 Å². The second kappa shape index (κ2) is 10.9. The molecule has 2 aromatic heterocycles. The predicted molar refractivity (Wildman–Crippen MR) is 163 cm³/mol. The third-order valence-corrected chi connectivity index (χ3v) is 8.08. The fourth-order valence-corrected chi connectivity index (χ4v) is 5.82. The molecule has 2 amide bonds. The van der Waals surface area contributed by atoms with E-state index in [0.717, 1.165) is 36.6 Å². The van der Waals surface area contributed by atoms with Crippen LogP contribution in [0.3, 0.4) is 0 Å². The molecule has 4 aromatic rings. The molecular weight excluding hydrogens is 586 g/mol. The highest BCUT2D eigenvalue weighted by Gasteiger charge is 2.56. The second-order valence-electron chi connectivity index (χ2n) is 12.9. The molecule has 1 aliphatic carbocycles. The van der Waals surface area contributed by atoms with E-state index in [9.17, 15) is 23.2 Å². The molecule has 45 heavy (non-hydrogen) atoms. The Bertz CT molecular complexity index is 1860. The summed E-state index contributed by atoms with van der Waals surface area (Å²) in [6.07, 6.45) is 1.34. The van der Waals surface area contributed by atoms with Crippen LogP contribution in [0.1, 0.15) is 64.0 Å². The number of alkyl carbamates (subject to hydrolysis) is 1. The van der Waals surface area contributed by atoms with Crippen molar-refractivity contribution in [3.05, 3.63) is 70.1 Å². The smallest absolute Gasteiger partial charge is 0.407 e. The van der Waals surface area contributed by atoms with E-state index >= 15 is 0 Å². The van der Waals surface area contributed by atoms with Crippen LogP contribution in [-0.2, 0) is 4.74 Å². The molecule has 6 rings (SSSR count). The molecule has 1 spiro atoms. The van der Waals surface area contributed by atoms with E-state index in [1.54, 1.807) is 16.8 Å². The average Bonchev–Trinajstić information content (AvgIpc) is 3.46. The van der Waals surface area contributed by atoms with Crippen LogP contribution in [0.15, 0.2) is 47.3 Å². The van der Waals surface area contributed by atoms with Gasteiger partial charge in [-0.05, 0) is 77.8 Å². The fourth-order valence-electron chi connectivity index (χ4n) is 5.82. The topological polar surface area (TPSA) is 136 Å². The lowest BCUT2D eigenvalue weighted by Gasteiger charge is -2.24. The third kappa shape index (κ3) is 5.71. The number of ether oxygens (including phenoxy) is 1. The maximum absolute atomic E-state index is 14.5. The zero-order valence-corrected chi connectivity index (χ0v) is 25.6. The monoisotopic (exact) mass is 620 g/mol. The molecule has 1 atom stereocenters. The predicted octanol–water partition coefficient (Wildman–Crippen LogP) is 4.58. The number of aromatic nitrogens is 5. The zero-order valence-electron chi connectivity index (χ0n) is 25.6. The van der Waals surface area contributed by atoms with Gasteiger partial charge in [0.15, 0.2) is 11.6 Å². The molecule has 236 valence electrons. The Labute approximate surface area is 257 Å². The summed E-state index contributed by atoms with van der Waals surface area (Å²) in [4.78, 5) is 40.9. The average molecular weight is 621 g/mol. The summed E-state index contributed by atoms with van der Waals surface area (Å²) in [5, 5.41) is 18.7. The van der Waals surface area contributed by atoms with Gasteiger partial charge in [0.2, 0.25) is 0 Å². The highest BCUT2D eigenvalue weighted by atomic mass is 19.1. The van der Waals surface area contributed by atoms with Gasteiger partial charge in [-0.2, -0.15) is 9.78 Å². The van der Waals surface area contributed by atoms with Crippen LogP contribution < -0.4 is 21.1 Å². The van der Waals surface area contributed by atoms with Crippen molar-refractivity contribution >= 4 is 34.4 Å². The lowest BCUT2D eigenvalue weighted by Crippen LogP contribution is -2.44. The molecule has 0 unspecified atom stereocenters. The minimum Gasteiger partial charge on any atom is -0.444 e. The van der Waals surface area contributed by atoms with E-state index in [1.807, 2.05) is 34.6 Å². The molecule has 1 aliphatic heterocycles. The van der Waals surface area contributed by atoms with Gasteiger partial charge in [0.25, 0.3) is 11.5 Å². The highest BCUT2D eigenvalue weighted by molar-refractivity contribution is 6.08. The van der Waals surface area contributed by atoms with E-state index < -0.39 is 40.5 Å². The molecule has 3 heterocycles. The van der Waals surface area contributed by atoms with Crippen LogP contribution in [0, 0.1) is 17.0 Å². The molecule has 14 heteroatoms. The van der Waals surface area contributed by atoms with Crippen LogP contribution in [0.4, 0.5) is 25.0 Å². The Morgan fingerprint density at radius 3 is 2.40 bits per heavy atom. The summed E-state index contributed by atoms with van der Waals surface area (Å²) in [5.41, 5.74) is -0.206. The van der Waals surface area contributed by atoms with Crippen molar-refractivity contribution in [2.24, 2.45) is 5.41 Å². The first kappa shape index (κ1) is 30.2. The number of hydrogen-bond donors (Lipinski definition) is 2. The molecule has 1 saturated carbocycles. The summed E-state index contributed by atoms with van der Waals surface area (Å²) < 4.78 is 36.8. The zero-order chi connectivity index (χ0) is 32.3. The van der Waals surface area contributed by atoms with Crippen LogP contribution in [0.5, 0.6) is 0 Å². The lowest BCUT2D eigenvalue weighted by atomic mass is 10.0. The number of benzene rings is 2. The summed E-state index contributed by atoms with van der Waals surface area (Å²) in [6.45, 7) is 10.4. The van der Waals surface area contributed by atoms with Gasteiger partial charge in [0, 0.05) is 30.6 Å². The van der Waals surface area contributed by atoms with Crippen molar-refractivity contribution in [1.29, 1.82) is 0 Å². The Hall–Kier alpha value is -4.88. The number of rotatable bonds is 6. The summed E-state index contributed by atoms with van der Waals surface area (Å²) in [7, 11) is 0. The Balaban J connectivity index is 1.36. The van der Waals surface area contributed by atoms with Gasteiger partial charge in [0.05, 0.1) is 22.9 Å². The number of para-hydroxylation sites is 1. The number of carbonyl (C=O) groups excluding carboxylic acids is 2. The highest BCUT2D eigenvalue weighted by Crippen LogP contribution is 2.54. The molecule has 2 aliphatic rings. The number of amides is 2. The molecule has 2 fully saturated rings. The molecule has 1 saturated heterocycles. The Morgan fingerprint density at radius 1 is 1.04 bits per heavy atom. The van der Waals surface area contributed by atoms with E-state index in [1.165, 1.54) is 12.1 Å². The van der Waals surface area contributed by atoms with Crippen molar-refractivity contribution in [1.82, 2.24) is 30.1 Å². The second-order valence-corrected chi connectivity index (χ2v) is 12.9. The number of anilines is 2. The van der Waals surface area contributed by atoms with Crippen molar-refractivity contribution in [2.45, 2.75) is 65.1 Å². The maximum Gasteiger partial charge on any atom is 0.407 e. The van der Waals surface area contributed by atoms with Gasteiger partial charge >= 0.3 is 6.09 Å². The number of fused-ring (bicyclic) bond motifs is 1. The molecule has 0 radical (unpaired) electrons. The molecule has 2 aromatic carbocycles. The molecule has 0 bridgehead atoms. The molecule has 12 nitrogen and oxygen atoms in total. The first-order valence-electron chi connectivity index (χ1n) is 14.7. The van der Waals surface area contributed by atoms with Crippen molar-refractivity contribution < 1.29 is 23.1 Å². The van der Waals surface area contributed by atoms with Crippen LogP contribution >= 0.6 is 0 Å². The number of nitrogens with one attached hydrogen (secondary N) is 2. The van der Waals surface area contributed by atoms with Gasteiger partial charge in [-0.1, -0.05) is 11.3 Å². The number of carbonyl (C=O) groups is 2. The standard InChI is InChI=1S/C31H34F2N8O4/c1-17(2)40-22-11-9-20(34-28(43)21-10-12-24(42)41(37-21)26-18(32)7-6-8-19(26)33)27(25(22)36-38-40)39-15-23(31(16-39)13-14-31)35-29(44)45-30(3,4)5/h6-12,17,23H,13-16H2,1-5H3,(H,34,43)(H,35,44)/t23-/m0/s1. The normalized spacial score (nSPS) is 17.2. The van der Waals surface area contributed by atoms with Gasteiger partial charge in [-0.15, -0.1) is 5.10 Å². The van der Waals surface area contributed by atoms with Gasteiger partial charge in [-0.25, -0.2) is 18.3 Å². The Kier molecular flexibility index (Phi) is 7.32. The summed E-state index contributed by atoms with van der Waals surface area (Å²) in [6, 6.07) is 8.73.